The molecule has 0 aliphatic carbocycles. The maximum atomic E-state index is 12.5. The van der Waals surface area contributed by atoms with Gasteiger partial charge in [0.15, 0.2) is 0 Å². The maximum absolute atomic E-state index is 12.5. The Bertz CT molecular complexity index is 808. The molecular weight excluding hydrogens is 435 g/mol. The van der Waals surface area contributed by atoms with Crippen molar-refractivity contribution in [3.8, 4) is 0 Å². The van der Waals surface area contributed by atoms with E-state index in [9.17, 15) is 14.4 Å². The number of piperidine rings is 1. The highest BCUT2D eigenvalue weighted by atomic mass is 35.5. The van der Waals surface area contributed by atoms with Crippen molar-refractivity contribution in [2.75, 3.05) is 19.3 Å². The van der Waals surface area contributed by atoms with Crippen LogP contribution in [0.2, 0.25) is 10.0 Å². The van der Waals surface area contributed by atoms with Gasteiger partial charge < -0.3 is 15.3 Å². The zero-order valence-corrected chi connectivity index (χ0v) is 18.6. The summed E-state index contributed by atoms with van der Waals surface area (Å²) in [5.74, 6) is -1.76. The minimum atomic E-state index is -1.04. The van der Waals surface area contributed by atoms with Crippen LogP contribution in [0.5, 0.6) is 0 Å². The SMILES string of the molecule is CC[C@H](NC(=O)C1CCN(C(=O)/C=C/c2ccc(SC)c(Cl)c2Cl)CC1)C(=O)O. The number of halogens is 2. The number of hydrogen-bond donors (Lipinski definition) is 2. The minimum absolute atomic E-state index is 0.165. The molecule has 0 saturated carbocycles. The van der Waals surface area contributed by atoms with Crippen LogP contribution in [0.15, 0.2) is 23.1 Å². The Morgan fingerprint density at radius 1 is 1.28 bits per heavy atom. The number of rotatable bonds is 7. The van der Waals surface area contributed by atoms with Gasteiger partial charge in [0, 0.05) is 30.0 Å². The molecule has 1 fully saturated rings. The molecule has 29 heavy (non-hydrogen) atoms. The van der Waals surface area contributed by atoms with Gasteiger partial charge in [-0.05, 0) is 43.2 Å². The highest BCUT2D eigenvalue weighted by Gasteiger charge is 2.29. The number of nitrogens with zero attached hydrogens (tertiary/aromatic N) is 1. The molecule has 2 N–H and O–H groups in total. The largest absolute Gasteiger partial charge is 0.480 e. The lowest BCUT2D eigenvalue weighted by Gasteiger charge is -2.31. The number of carbonyl (C=O) groups is 3. The third-order valence-electron chi connectivity index (χ3n) is 4.90. The molecule has 2 amide bonds. The topological polar surface area (TPSA) is 86.7 Å². The van der Waals surface area contributed by atoms with Crippen LogP contribution in [0, 0.1) is 5.92 Å². The molecular formula is C20H24Cl2N2O4S. The van der Waals surface area contributed by atoms with Crippen molar-refractivity contribution in [3.05, 3.63) is 33.8 Å². The van der Waals surface area contributed by atoms with Crippen LogP contribution in [-0.4, -0.2) is 53.2 Å². The molecule has 6 nitrogen and oxygen atoms in total. The van der Waals surface area contributed by atoms with Gasteiger partial charge in [0.05, 0.1) is 10.0 Å². The van der Waals surface area contributed by atoms with Crippen LogP contribution in [0.3, 0.4) is 0 Å². The summed E-state index contributed by atoms with van der Waals surface area (Å²) in [6, 6.07) is 2.79. The van der Waals surface area contributed by atoms with Gasteiger partial charge in [0.2, 0.25) is 11.8 Å². The normalized spacial score (nSPS) is 16.1. The number of benzene rings is 1. The van der Waals surface area contributed by atoms with Crippen molar-refractivity contribution in [3.63, 3.8) is 0 Å². The first-order valence-electron chi connectivity index (χ1n) is 9.30. The standard InChI is InChI=1S/C20H24Cl2N2O4S/c1-3-14(20(27)28)23-19(26)13-8-10-24(11-9-13)16(25)7-5-12-4-6-15(29-2)18(22)17(12)21/h4-7,13-14H,3,8-11H2,1-2H3,(H,23,26)(H,27,28)/b7-5+/t14-/m0/s1. The van der Waals surface area contributed by atoms with E-state index in [1.807, 2.05) is 18.4 Å². The monoisotopic (exact) mass is 458 g/mol. The van der Waals surface area contributed by atoms with Crippen molar-refractivity contribution in [1.29, 1.82) is 0 Å². The molecule has 1 heterocycles. The van der Waals surface area contributed by atoms with Crippen LogP contribution in [-0.2, 0) is 14.4 Å². The number of amides is 2. The van der Waals surface area contributed by atoms with Gasteiger partial charge in [0.1, 0.15) is 6.04 Å². The van der Waals surface area contributed by atoms with E-state index in [-0.39, 0.29) is 17.7 Å². The van der Waals surface area contributed by atoms with Gasteiger partial charge in [0.25, 0.3) is 0 Å². The van der Waals surface area contributed by atoms with E-state index >= 15 is 0 Å². The molecule has 1 saturated heterocycles. The average molecular weight is 459 g/mol. The van der Waals surface area contributed by atoms with Gasteiger partial charge in [-0.1, -0.05) is 36.2 Å². The number of carboxylic acids is 1. The van der Waals surface area contributed by atoms with Crippen molar-refractivity contribution < 1.29 is 19.5 Å². The lowest BCUT2D eigenvalue weighted by atomic mass is 9.95. The van der Waals surface area contributed by atoms with E-state index in [0.717, 1.165) is 4.90 Å². The Morgan fingerprint density at radius 3 is 2.48 bits per heavy atom. The number of carboxylic acid groups (broad SMARTS) is 1. The quantitative estimate of drug-likeness (QED) is 0.477. The van der Waals surface area contributed by atoms with Gasteiger partial charge >= 0.3 is 5.97 Å². The smallest absolute Gasteiger partial charge is 0.326 e. The van der Waals surface area contributed by atoms with Gasteiger partial charge in [-0.2, -0.15) is 0 Å². The van der Waals surface area contributed by atoms with Crippen molar-refractivity contribution >= 4 is 58.8 Å². The summed E-state index contributed by atoms with van der Waals surface area (Å²) in [5, 5.41) is 12.5. The molecule has 9 heteroatoms. The second kappa shape index (κ2) is 10.9. The predicted molar refractivity (Wildman–Crippen MR) is 116 cm³/mol. The fourth-order valence-electron chi connectivity index (χ4n) is 3.09. The molecule has 1 aromatic carbocycles. The summed E-state index contributed by atoms with van der Waals surface area (Å²) < 4.78 is 0. The minimum Gasteiger partial charge on any atom is -0.480 e. The molecule has 0 aromatic heterocycles. The fraction of sp³-hybridized carbons (Fsp3) is 0.450. The van der Waals surface area contributed by atoms with E-state index in [2.05, 4.69) is 5.32 Å². The summed E-state index contributed by atoms with van der Waals surface area (Å²) in [6.45, 7) is 2.58. The highest BCUT2D eigenvalue weighted by Crippen LogP contribution is 2.35. The summed E-state index contributed by atoms with van der Waals surface area (Å²) in [7, 11) is 0. The second-order valence-corrected chi connectivity index (χ2v) is 8.33. The Kier molecular flexibility index (Phi) is 8.86. The molecule has 0 radical (unpaired) electrons. The maximum Gasteiger partial charge on any atom is 0.326 e. The van der Waals surface area contributed by atoms with E-state index < -0.39 is 12.0 Å². The van der Waals surface area contributed by atoms with Crippen LogP contribution >= 0.6 is 35.0 Å². The van der Waals surface area contributed by atoms with Crippen molar-refractivity contribution in [2.45, 2.75) is 37.1 Å². The van der Waals surface area contributed by atoms with Gasteiger partial charge in [-0.3, -0.25) is 9.59 Å². The zero-order chi connectivity index (χ0) is 21.6. The molecule has 158 valence electrons. The van der Waals surface area contributed by atoms with Crippen LogP contribution < -0.4 is 5.32 Å². The Hall–Kier alpha value is -1.70. The number of nitrogens with one attached hydrogen (secondary N) is 1. The van der Waals surface area contributed by atoms with Crippen LogP contribution in [0.4, 0.5) is 0 Å². The summed E-state index contributed by atoms with van der Waals surface area (Å²) in [4.78, 5) is 38.3. The lowest BCUT2D eigenvalue weighted by Crippen LogP contribution is -2.47. The molecule has 0 unspecified atom stereocenters. The first kappa shape index (κ1) is 23.6. The highest BCUT2D eigenvalue weighted by molar-refractivity contribution is 7.98. The van der Waals surface area contributed by atoms with E-state index in [0.29, 0.717) is 48.0 Å². The van der Waals surface area contributed by atoms with E-state index in [4.69, 9.17) is 28.3 Å². The van der Waals surface area contributed by atoms with E-state index in [1.54, 1.807) is 17.9 Å². The Morgan fingerprint density at radius 2 is 1.93 bits per heavy atom. The third kappa shape index (κ3) is 6.14. The molecule has 1 aromatic rings. The summed E-state index contributed by atoms with van der Waals surface area (Å²) in [6.07, 6.45) is 6.32. The lowest BCUT2D eigenvalue weighted by molar-refractivity contribution is -0.143. The number of carbonyl (C=O) groups excluding carboxylic acids is 2. The second-order valence-electron chi connectivity index (χ2n) is 6.73. The zero-order valence-electron chi connectivity index (χ0n) is 16.3. The van der Waals surface area contributed by atoms with Crippen LogP contribution in [0.1, 0.15) is 31.7 Å². The number of aliphatic carboxylic acids is 1. The van der Waals surface area contributed by atoms with Crippen LogP contribution in [0.25, 0.3) is 6.08 Å². The van der Waals surface area contributed by atoms with Gasteiger partial charge in [-0.25, -0.2) is 4.79 Å². The molecule has 1 atom stereocenters. The number of likely N-dealkylation sites (tertiary alicyclic amines) is 1. The summed E-state index contributed by atoms with van der Waals surface area (Å²) >= 11 is 14.0. The van der Waals surface area contributed by atoms with E-state index in [1.165, 1.54) is 17.8 Å². The summed E-state index contributed by atoms with van der Waals surface area (Å²) in [5.41, 5.74) is 0.663. The molecule has 1 aliphatic rings. The molecule has 0 bridgehead atoms. The predicted octanol–water partition coefficient (Wildman–Crippen LogP) is 3.95. The molecule has 0 spiro atoms. The number of hydrogen-bond acceptors (Lipinski definition) is 4. The van der Waals surface area contributed by atoms with Crippen molar-refractivity contribution in [2.24, 2.45) is 5.92 Å². The Labute approximate surface area is 184 Å². The Balaban J connectivity index is 1.92. The van der Waals surface area contributed by atoms with Crippen molar-refractivity contribution in [1.82, 2.24) is 10.2 Å². The fourth-order valence-corrected chi connectivity index (χ4v) is 4.26. The third-order valence-corrected chi connectivity index (χ3v) is 6.69. The molecule has 2 rings (SSSR count). The first-order chi connectivity index (χ1) is 13.8. The average Bonchev–Trinajstić information content (AvgIpc) is 2.72. The first-order valence-corrected chi connectivity index (χ1v) is 11.3. The molecule has 1 aliphatic heterocycles. The van der Waals surface area contributed by atoms with Gasteiger partial charge in [-0.15, -0.1) is 11.8 Å². The number of thioether (sulfide) groups is 1.